The predicted molar refractivity (Wildman–Crippen MR) is 104 cm³/mol. The van der Waals surface area contributed by atoms with Gasteiger partial charge < -0.3 is 15.4 Å². The highest BCUT2D eigenvalue weighted by Crippen LogP contribution is 2.36. The number of anilines is 1. The van der Waals surface area contributed by atoms with Crippen LogP contribution in [0.25, 0.3) is 0 Å². The van der Waals surface area contributed by atoms with Crippen LogP contribution in [0.2, 0.25) is 5.02 Å². The topological polar surface area (TPSA) is 84.5 Å². The van der Waals surface area contributed by atoms with Crippen molar-refractivity contribution in [1.29, 1.82) is 0 Å². The number of hydrogen-bond acceptors (Lipinski definition) is 4. The minimum Gasteiger partial charge on any atom is -0.456 e. The molecule has 0 spiro atoms. The Morgan fingerprint density at radius 3 is 2.37 bits per heavy atom. The summed E-state index contributed by atoms with van der Waals surface area (Å²) in [7, 11) is 0. The van der Waals surface area contributed by atoms with Gasteiger partial charge in [-0.05, 0) is 23.8 Å². The summed E-state index contributed by atoms with van der Waals surface area (Å²) < 4.78 is 43.2. The zero-order valence-corrected chi connectivity index (χ0v) is 16.3. The molecule has 0 fully saturated rings. The molecular formula is C20H18ClF3N2O4. The Bertz CT molecular complexity index is 905. The maximum Gasteiger partial charge on any atom is 0.417 e. The van der Waals surface area contributed by atoms with E-state index in [-0.39, 0.29) is 31.0 Å². The fraction of sp³-hybridized carbons (Fsp3) is 0.250. The van der Waals surface area contributed by atoms with Gasteiger partial charge in [-0.3, -0.25) is 14.4 Å². The van der Waals surface area contributed by atoms with Crippen molar-refractivity contribution in [1.82, 2.24) is 5.32 Å². The molecule has 0 aromatic heterocycles. The molecule has 2 amide bonds. The second-order valence-electron chi connectivity index (χ2n) is 6.16. The Hall–Kier alpha value is -3.07. The number of carbonyl (C=O) groups excluding carboxylic acids is 3. The smallest absolute Gasteiger partial charge is 0.417 e. The van der Waals surface area contributed by atoms with Gasteiger partial charge in [0.15, 0.2) is 6.61 Å². The van der Waals surface area contributed by atoms with Crippen molar-refractivity contribution in [3.63, 3.8) is 0 Å². The molecule has 0 aliphatic heterocycles. The van der Waals surface area contributed by atoms with Crippen LogP contribution in [0, 0.1) is 0 Å². The molecule has 0 saturated carbocycles. The largest absolute Gasteiger partial charge is 0.456 e. The third kappa shape index (κ3) is 7.75. The molecule has 2 N–H and O–H groups in total. The van der Waals surface area contributed by atoms with Crippen LogP contribution in [0.5, 0.6) is 0 Å². The Morgan fingerprint density at radius 1 is 1.00 bits per heavy atom. The Kier molecular flexibility index (Phi) is 8.23. The lowest BCUT2D eigenvalue weighted by Crippen LogP contribution is -2.28. The van der Waals surface area contributed by atoms with Crippen molar-refractivity contribution in [2.75, 3.05) is 18.5 Å². The number of alkyl halides is 3. The fourth-order valence-electron chi connectivity index (χ4n) is 2.38. The van der Waals surface area contributed by atoms with E-state index >= 15 is 0 Å². The highest BCUT2D eigenvalue weighted by molar-refractivity contribution is 6.31. The van der Waals surface area contributed by atoms with Crippen LogP contribution in [-0.4, -0.2) is 30.9 Å². The highest BCUT2D eigenvalue weighted by atomic mass is 35.5. The van der Waals surface area contributed by atoms with Gasteiger partial charge in [0.05, 0.1) is 23.4 Å². The van der Waals surface area contributed by atoms with Crippen molar-refractivity contribution in [3.05, 3.63) is 64.7 Å². The molecule has 2 aromatic carbocycles. The molecule has 10 heteroatoms. The van der Waals surface area contributed by atoms with Crippen LogP contribution in [-0.2, 0) is 31.7 Å². The lowest BCUT2D eigenvalue weighted by molar-refractivity contribution is -0.147. The summed E-state index contributed by atoms with van der Waals surface area (Å²) in [5, 5.41) is 4.25. The molecule has 0 radical (unpaired) electrons. The quantitative estimate of drug-likeness (QED) is 0.612. The normalized spacial score (nSPS) is 10.9. The first-order valence-electron chi connectivity index (χ1n) is 8.78. The summed E-state index contributed by atoms with van der Waals surface area (Å²) in [5.74, 6) is -1.82. The van der Waals surface area contributed by atoms with Crippen LogP contribution in [0.3, 0.4) is 0 Å². The highest BCUT2D eigenvalue weighted by Gasteiger charge is 2.33. The lowest BCUT2D eigenvalue weighted by atomic mass is 10.1. The van der Waals surface area contributed by atoms with Gasteiger partial charge in [-0.1, -0.05) is 41.9 Å². The van der Waals surface area contributed by atoms with Crippen LogP contribution in [0.15, 0.2) is 48.5 Å². The minimum absolute atomic E-state index is 0.0260. The monoisotopic (exact) mass is 442 g/mol. The number of amides is 2. The Labute approximate surface area is 175 Å². The number of esters is 1. The maximum absolute atomic E-state index is 12.8. The zero-order valence-electron chi connectivity index (χ0n) is 15.6. The first-order valence-corrected chi connectivity index (χ1v) is 9.16. The van der Waals surface area contributed by atoms with E-state index in [0.717, 1.165) is 11.6 Å². The Balaban J connectivity index is 1.71. The zero-order chi connectivity index (χ0) is 22.1. The van der Waals surface area contributed by atoms with Gasteiger partial charge in [0, 0.05) is 12.2 Å². The van der Waals surface area contributed by atoms with Gasteiger partial charge in [0.1, 0.15) is 0 Å². The van der Waals surface area contributed by atoms with Gasteiger partial charge in [0.2, 0.25) is 5.91 Å². The molecule has 0 atom stereocenters. The van der Waals surface area contributed by atoms with E-state index in [4.69, 9.17) is 16.3 Å². The van der Waals surface area contributed by atoms with Gasteiger partial charge in [0.25, 0.3) is 5.91 Å². The average molecular weight is 443 g/mol. The summed E-state index contributed by atoms with van der Waals surface area (Å²) in [5.41, 5.74) is -0.406. The molecule has 0 saturated heterocycles. The molecule has 0 unspecified atom stereocenters. The summed E-state index contributed by atoms with van der Waals surface area (Å²) in [6, 6.07) is 11.9. The molecule has 2 aromatic rings. The molecule has 30 heavy (non-hydrogen) atoms. The molecule has 0 aliphatic rings. The van der Waals surface area contributed by atoms with Gasteiger partial charge in [-0.2, -0.15) is 13.2 Å². The van der Waals surface area contributed by atoms with Crippen LogP contribution in [0.1, 0.15) is 17.5 Å². The molecule has 2 rings (SSSR count). The van der Waals surface area contributed by atoms with E-state index in [1.807, 2.05) is 6.07 Å². The SMILES string of the molecule is O=C(Cc1ccccc1)NCCC(=O)OCC(=O)Nc1ccc(Cl)c(C(F)(F)F)c1. The second kappa shape index (κ2) is 10.6. The van der Waals surface area contributed by atoms with E-state index < -0.39 is 35.2 Å². The Morgan fingerprint density at radius 2 is 1.70 bits per heavy atom. The lowest BCUT2D eigenvalue weighted by Gasteiger charge is -2.12. The van der Waals surface area contributed by atoms with Gasteiger partial charge in [-0.25, -0.2) is 0 Å². The maximum atomic E-state index is 12.8. The second-order valence-corrected chi connectivity index (χ2v) is 6.57. The minimum atomic E-state index is -4.67. The van der Waals surface area contributed by atoms with E-state index in [2.05, 4.69) is 10.6 Å². The number of ether oxygens (including phenoxy) is 1. The molecule has 160 valence electrons. The summed E-state index contributed by atoms with van der Waals surface area (Å²) in [4.78, 5) is 35.2. The molecule has 0 bridgehead atoms. The van der Waals surface area contributed by atoms with E-state index in [1.165, 1.54) is 6.07 Å². The van der Waals surface area contributed by atoms with Crippen molar-refractivity contribution in [2.24, 2.45) is 0 Å². The number of halogens is 4. The predicted octanol–water partition coefficient (Wildman–Crippen LogP) is 3.59. The number of rotatable bonds is 8. The van der Waals surface area contributed by atoms with Crippen molar-refractivity contribution < 1.29 is 32.3 Å². The summed E-state index contributed by atoms with van der Waals surface area (Å²) in [6.07, 6.45) is -4.67. The third-order valence-corrected chi connectivity index (χ3v) is 4.11. The molecule has 0 aliphatic carbocycles. The summed E-state index contributed by atoms with van der Waals surface area (Å²) >= 11 is 5.50. The first kappa shape index (κ1) is 23.2. The van der Waals surface area contributed by atoms with Crippen LogP contribution < -0.4 is 10.6 Å². The van der Waals surface area contributed by atoms with Crippen LogP contribution >= 0.6 is 11.6 Å². The molecule has 6 nitrogen and oxygen atoms in total. The number of carbonyl (C=O) groups is 3. The third-order valence-electron chi connectivity index (χ3n) is 3.78. The van der Waals surface area contributed by atoms with Crippen molar-refractivity contribution >= 4 is 35.1 Å². The molecular weight excluding hydrogens is 425 g/mol. The average Bonchev–Trinajstić information content (AvgIpc) is 2.68. The summed E-state index contributed by atoms with van der Waals surface area (Å²) in [6.45, 7) is -0.654. The van der Waals surface area contributed by atoms with E-state index in [9.17, 15) is 27.6 Å². The van der Waals surface area contributed by atoms with Crippen molar-refractivity contribution in [2.45, 2.75) is 19.0 Å². The standard InChI is InChI=1S/C20H18ClF3N2O4/c21-16-7-6-14(11-15(16)20(22,23)24)26-18(28)12-30-19(29)8-9-25-17(27)10-13-4-2-1-3-5-13/h1-7,11H,8-10,12H2,(H,25,27)(H,26,28). The number of hydrogen-bond donors (Lipinski definition) is 2. The number of nitrogens with one attached hydrogen (secondary N) is 2. The number of benzene rings is 2. The van der Waals surface area contributed by atoms with Crippen LogP contribution in [0.4, 0.5) is 18.9 Å². The van der Waals surface area contributed by atoms with Crippen molar-refractivity contribution in [3.8, 4) is 0 Å². The fourth-order valence-corrected chi connectivity index (χ4v) is 2.61. The van der Waals surface area contributed by atoms with E-state index in [0.29, 0.717) is 6.07 Å². The first-order chi connectivity index (χ1) is 14.1. The van der Waals surface area contributed by atoms with Gasteiger partial charge >= 0.3 is 12.1 Å². The van der Waals surface area contributed by atoms with E-state index in [1.54, 1.807) is 24.3 Å². The van der Waals surface area contributed by atoms with Gasteiger partial charge in [-0.15, -0.1) is 0 Å². The molecule has 0 heterocycles.